The van der Waals surface area contributed by atoms with E-state index in [1.54, 1.807) is 6.07 Å². The van der Waals surface area contributed by atoms with Crippen molar-refractivity contribution in [1.82, 2.24) is 0 Å². The molecule has 0 aliphatic heterocycles. The first-order valence-corrected chi connectivity index (χ1v) is 6.22. The number of para-hydroxylation sites is 1. The summed E-state index contributed by atoms with van der Waals surface area (Å²) in [5.41, 5.74) is 7.49. The fourth-order valence-electron chi connectivity index (χ4n) is 2.03. The van der Waals surface area contributed by atoms with Gasteiger partial charge in [0.25, 0.3) is 0 Å². The Balaban J connectivity index is 2.02. The molecule has 19 heavy (non-hydrogen) atoms. The second-order valence-electron chi connectivity index (χ2n) is 4.34. The smallest absolute Gasteiger partial charge is 0.142 e. The van der Waals surface area contributed by atoms with Gasteiger partial charge in [-0.25, -0.2) is 4.39 Å². The molecule has 1 heterocycles. The van der Waals surface area contributed by atoms with Crippen LogP contribution in [-0.4, -0.2) is 0 Å². The Bertz CT molecular complexity index is 705. The van der Waals surface area contributed by atoms with E-state index < -0.39 is 11.9 Å². The van der Waals surface area contributed by atoms with Crippen molar-refractivity contribution < 1.29 is 8.81 Å². The molecule has 3 rings (SSSR count). The summed E-state index contributed by atoms with van der Waals surface area (Å²) in [6.45, 7) is 0. The van der Waals surface area contributed by atoms with E-state index in [9.17, 15) is 4.39 Å². The van der Waals surface area contributed by atoms with Crippen molar-refractivity contribution in [3.05, 3.63) is 70.7 Å². The van der Waals surface area contributed by atoms with Crippen molar-refractivity contribution in [2.75, 3.05) is 0 Å². The summed E-state index contributed by atoms with van der Waals surface area (Å²) in [4.78, 5) is 0. The molecule has 0 amide bonds. The molecule has 0 saturated carbocycles. The molecule has 3 aromatic rings. The third-order valence-electron chi connectivity index (χ3n) is 3.05. The Hall–Kier alpha value is -1.84. The Kier molecular flexibility index (Phi) is 3.01. The van der Waals surface area contributed by atoms with Gasteiger partial charge < -0.3 is 10.2 Å². The molecule has 2 nitrogen and oxygen atoms in total. The van der Waals surface area contributed by atoms with Crippen LogP contribution in [0.15, 0.2) is 52.9 Å². The van der Waals surface area contributed by atoms with E-state index in [-0.39, 0.29) is 5.02 Å². The van der Waals surface area contributed by atoms with E-state index in [0.717, 1.165) is 11.0 Å². The van der Waals surface area contributed by atoms with Gasteiger partial charge in [-0.05, 0) is 29.8 Å². The van der Waals surface area contributed by atoms with Crippen LogP contribution < -0.4 is 5.73 Å². The van der Waals surface area contributed by atoms with Crippen molar-refractivity contribution in [2.45, 2.75) is 6.04 Å². The zero-order valence-corrected chi connectivity index (χ0v) is 10.7. The molecule has 0 aliphatic rings. The first kappa shape index (κ1) is 12.2. The van der Waals surface area contributed by atoms with Crippen LogP contribution in [-0.2, 0) is 0 Å². The highest BCUT2D eigenvalue weighted by atomic mass is 35.5. The number of furan rings is 1. The number of fused-ring (bicyclic) bond motifs is 1. The molecule has 0 radical (unpaired) electrons. The lowest BCUT2D eigenvalue weighted by Gasteiger charge is -2.09. The van der Waals surface area contributed by atoms with E-state index in [4.69, 9.17) is 21.8 Å². The van der Waals surface area contributed by atoms with Gasteiger partial charge in [-0.15, -0.1) is 0 Å². The average Bonchev–Trinajstić information content (AvgIpc) is 2.85. The monoisotopic (exact) mass is 275 g/mol. The van der Waals surface area contributed by atoms with Gasteiger partial charge in [0.1, 0.15) is 17.2 Å². The summed E-state index contributed by atoms with van der Waals surface area (Å²) in [7, 11) is 0. The first-order chi connectivity index (χ1) is 9.15. The molecule has 1 aromatic heterocycles. The lowest BCUT2D eigenvalue weighted by molar-refractivity contribution is 0.523. The molecule has 2 N–H and O–H groups in total. The summed E-state index contributed by atoms with van der Waals surface area (Å²) in [6, 6.07) is 13.5. The maximum absolute atomic E-state index is 13.4. The van der Waals surface area contributed by atoms with E-state index in [2.05, 4.69) is 0 Å². The molecule has 0 aliphatic carbocycles. The van der Waals surface area contributed by atoms with E-state index in [1.807, 2.05) is 30.3 Å². The van der Waals surface area contributed by atoms with Crippen LogP contribution >= 0.6 is 11.6 Å². The quantitative estimate of drug-likeness (QED) is 0.758. The standard InChI is InChI=1S/C15H11ClFNO/c16-11-6-5-10(7-12(11)17)15(18)14-8-9-3-1-2-4-13(9)19-14/h1-8,15H,18H2. The van der Waals surface area contributed by atoms with Gasteiger partial charge in [-0.1, -0.05) is 35.9 Å². The SMILES string of the molecule is NC(c1ccc(Cl)c(F)c1)c1cc2ccccc2o1. The number of hydrogen-bond acceptors (Lipinski definition) is 2. The topological polar surface area (TPSA) is 39.2 Å². The average molecular weight is 276 g/mol. The lowest BCUT2D eigenvalue weighted by Crippen LogP contribution is -2.11. The van der Waals surface area contributed by atoms with Gasteiger partial charge in [0, 0.05) is 5.39 Å². The van der Waals surface area contributed by atoms with Crippen molar-refractivity contribution in [3.8, 4) is 0 Å². The number of halogens is 2. The number of benzene rings is 2. The molecule has 96 valence electrons. The fraction of sp³-hybridized carbons (Fsp3) is 0.0667. The summed E-state index contributed by atoms with van der Waals surface area (Å²) in [5, 5.41) is 1.06. The summed E-state index contributed by atoms with van der Waals surface area (Å²) >= 11 is 5.66. The van der Waals surface area contributed by atoms with Gasteiger partial charge in [0.15, 0.2) is 0 Å². The van der Waals surface area contributed by atoms with Crippen LogP contribution in [0, 0.1) is 5.82 Å². The molecule has 0 saturated heterocycles. The molecular formula is C15H11ClFNO. The summed E-state index contributed by atoms with van der Waals surface area (Å²) in [5.74, 6) is 0.119. The highest BCUT2D eigenvalue weighted by Gasteiger charge is 2.15. The Morgan fingerprint density at radius 1 is 1.11 bits per heavy atom. The maximum atomic E-state index is 13.4. The van der Waals surface area contributed by atoms with Crippen LogP contribution in [0.5, 0.6) is 0 Å². The van der Waals surface area contributed by atoms with Crippen LogP contribution in [0.25, 0.3) is 11.0 Å². The van der Waals surface area contributed by atoms with Gasteiger partial charge in [-0.2, -0.15) is 0 Å². The van der Waals surface area contributed by atoms with Crippen molar-refractivity contribution >= 4 is 22.6 Å². The highest BCUT2D eigenvalue weighted by Crippen LogP contribution is 2.28. The predicted octanol–water partition coefficient (Wildman–Crippen LogP) is 4.27. The Morgan fingerprint density at radius 2 is 1.89 bits per heavy atom. The highest BCUT2D eigenvalue weighted by molar-refractivity contribution is 6.30. The van der Waals surface area contributed by atoms with Crippen molar-refractivity contribution in [1.29, 1.82) is 0 Å². The minimum Gasteiger partial charge on any atom is -0.459 e. The minimum atomic E-state index is -0.515. The molecule has 2 aromatic carbocycles. The summed E-state index contributed by atoms with van der Waals surface area (Å²) < 4.78 is 19.1. The van der Waals surface area contributed by atoms with E-state index >= 15 is 0 Å². The lowest BCUT2D eigenvalue weighted by atomic mass is 10.1. The van der Waals surface area contributed by atoms with Gasteiger partial charge in [0.05, 0.1) is 11.1 Å². The van der Waals surface area contributed by atoms with Gasteiger partial charge in [0.2, 0.25) is 0 Å². The summed E-state index contributed by atoms with van der Waals surface area (Å²) in [6.07, 6.45) is 0. The van der Waals surface area contributed by atoms with Crippen molar-refractivity contribution in [3.63, 3.8) is 0 Å². The molecule has 1 unspecified atom stereocenters. The zero-order chi connectivity index (χ0) is 13.4. The maximum Gasteiger partial charge on any atom is 0.142 e. The largest absolute Gasteiger partial charge is 0.459 e. The van der Waals surface area contributed by atoms with Crippen LogP contribution in [0.4, 0.5) is 4.39 Å². The van der Waals surface area contributed by atoms with E-state index in [0.29, 0.717) is 11.3 Å². The third-order valence-corrected chi connectivity index (χ3v) is 3.36. The zero-order valence-electron chi connectivity index (χ0n) is 9.94. The van der Waals surface area contributed by atoms with Crippen LogP contribution in [0.2, 0.25) is 5.02 Å². The van der Waals surface area contributed by atoms with E-state index in [1.165, 1.54) is 12.1 Å². The molecule has 0 bridgehead atoms. The molecule has 4 heteroatoms. The minimum absolute atomic E-state index is 0.0838. The molecule has 0 fully saturated rings. The Morgan fingerprint density at radius 3 is 2.63 bits per heavy atom. The molecule has 0 spiro atoms. The van der Waals surface area contributed by atoms with Gasteiger partial charge >= 0.3 is 0 Å². The van der Waals surface area contributed by atoms with Gasteiger partial charge in [-0.3, -0.25) is 0 Å². The fourth-order valence-corrected chi connectivity index (χ4v) is 2.14. The first-order valence-electron chi connectivity index (χ1n) is 5.84. The van der Waals surface area contributed by atoms with Crippen LogP contribution in [0.3, 0.4) is 0 Å². The predicted molar refractivity (Wildman–Crippen MR) is 73.7 cm³/mol. The van der Waals surface area contributed by atoms with Crippen molar-refractivity contribution in [2.24, 2.45) is 5.73 Å². The second-order valence-corrected chi connectivity index (χ2v) is 4.75. The molecule has 1 atom stereocenters. The number of rotatable bonds is 2. The number of nitrogens with two attached hydrogens (primary N) is 1. The Labute approximate surface area is 114 Å². The normalized spacial score (nSPS) is 12.8. The number of hydrogen-bond donors (Lipinski definition) is 1. The van der Waals surface area contributed by atoms with Crippen LogP contribution in [0.1, 0.15) is 17.4 Å². The second kappa shape index (κ2) is 4.68. The molecular weight excluding hydrogens is 265 g/mol. The third kappa shape index (κ3) is 2.23.